The average molecular weight is 231 g/mol. The summed E-state index contributed by atoms with van der Waals surface area (Å²) in [5.41, 5.74) is 3.14. The van der Waals surface area contributed by atoms with E-state index in [-0.39, 0.29) is 0 Å². The third-order valence-electron chi connectivity index (χ3n) is 2.44. The van der Waals surface area contributed by atoms with Crippen LogP contribution < -0.4 is 0 Å². The van der Waals surface area contributed by atoms with Gasteiger partial charge in [-0.1, -0.05) is 29.8 Å². The monoisotopic (exact) mass is 231 g/mol. The Bertz CT molecular complexity index is 473. The van der Waals surface area contributed by atoms with Crippen LogP contribution in [0.1, 0.15) is 26.6 Å². The molecule has 0 fully saturated rings. The summed E-state index contributed by atoms with van der Waals surface area (Å²) < 4.78 is 0. The van der Waals surface area contributed by atoms with Crippen molar-refractivity contribution in [1.82, 2.24) is 4.98 Å². The summed E-state index contributed by atoms with van der Waals surface area (Å²) in [4.78, 5) is 14.7. The third-order valence-corrected chi connectivity index (χ3v) is 3.37. The second-order valence-corrected chi connectivity index (χ2v) is 4.71. The molecule has 2 rings (SSSR count). The minimum atomic E-state index is 0.545. The largest absolute Gasteiger partial charge is 0.296 e. The smallest absolute Gasteiger partial charge is 0.169 e. The molecule has 0 aliphatic heterocycles. The first kappa shape index (κ1) is 11.0. The van der Waals surface area contributed by atoms with E-state index in [2.05, 4.69) is 36.2 Å². The van der Waals surface area contributed by atoms with Gasteiger partial charge in [-0.15, -0.1) is 11.3 Å². The fraction of sp³-hybridized carbons (Fsp3) is 0.231. The maximum absolute atomic E-state index is 10.5. The van der Waals surface area contributed by atoms with Crippen LogP contribution in [0.25, 0.3) is 0 Å². The molecular weight excluding hydrogens is 218 g/mol. The number of hydrogen-bond acceptors (Lipinski definition) is 3. The van der Waals surface area contributed by atoms with Crippen LogP contribution in [-0.4, -0.2) is 11.3 Å². The van der Waals surface area contributed by atoms with Gasteiger partial charge in [0.1, 0.15) is 5.69 Å². The normalized spacial score (nSPS) is 10.3. The third kappa shape index (κ3) is 2.76. The van der Waals surface area contributed by atoms with Crippen LogP contribution in [0, 0.1) is 6.92 Å². The number of aryl methyl sites for hydroxylation is 3. The van der Waals surface area contributed by atoms with Gasteiger partial charge in [-0.25, -0.2) is 4.98 Å². The highest BCUT2D eigenvalue weighted by Gasteiger charge is 2.01. The molecule has 82 valence electrons. The van der Waals surface area contributed by atoms with Gasteiger partial charge in [0.25, 0.3) is 0 Å². The van der Waals surface area contributed by atoms with E-state index in [1.165, 1.54) is 11.1 Å². The topological polar surface area (TPSA) is 30.0 Å². The summed E-state index contributed by atoms with van der Waals surface area (Å²) >= 11 is 1.55. The molecule has 2 nitrogen and oxygen atoms in total. The zero-order valence-electron chi connectivity index (χ0n) is 9.14. The summed E-state index contributed by atoms with van der Waals surface area (Å²) in [6, 6.07) is 8.52. The molecule has 0 saturated carbocycles. The van der Waals surface area contributed by atoms with Gasteiger partial charge in [0.15, 0.2) is 6.29 Å². The van der Waals surface area contributed by atoms with E-state index in [1.54, 1.807) is 16.7 Å². The SMILES string of the molecule is Cc1ccc(CCc2nc(C=O)cs2)cc1. The molecule has 0 saturated heterocycles. The van der Waals surface area contributed by atoms with E-state index in [4.69, 9.17) is 0 Å². The minimum absolute atomic E-state index is 0.545. The van der Waals surface area contributed by atoms with Crippen molar-refractivity contribution in [2.75, 3.05) is 0 Å². The Hall–Kier alpha value is -1.48. The van der Waals surface area contributed by atoms with E-state index in [0.29, 0.717) is 5.69 Å². The molecule has 0 atom stereocenters. The second-order valence-electron chi connectivity index (χ2n) is 3.77. The fourth-order valence-corrected chi connectivity index (χ4v) is 2.24. The predicted octanol–water partition coefficient (Wildman–Crippen LogP) is 3.05. The van der Waals surface area contributed by atoms with Crippen molar-refractivity contribution >= 4 is 17.6 Å². The van der Waals surface area contributed by atoms with Crippen LogP contribution >= 0.6 is 11.3 Å². The summed E-state index contributed by atoms with van der Waals surface area (Å²) in [6.07, 6.45) is 2.68. The first-order valence-electron chi connectivity index (χ1n) is 5.23. The molecule has 0 spiro atoms. The molecule has 2 aromatic rings. The Morgan fingerprint density at radius 3 is 2.62 bits per heavy atom. The Balaban J connectivity index is 1.96. The summed E-state index contributed by atoms with van der Waals surface area (Å²) in [5.74, 6) is 0. The molecule has 0 unspecified atom stereocenters. The van der Waals surface area contributed by atoms with Crippen LogP contribution in [0.2, 0.25) is 0 Å². The standard InChI is InChI=1S/C13H13NOS/c1-10-2-4-11(5-3-10)6-7-13-14-12(8-15)9-16-13/h2-5,8-9H,6-7H2,1H3. The maximum Gasteiger partial charge on any atom is 0.169 e. The van der Waals surface area contributed by atoms with Crippen LogP contribution in [0.15, 0.2) is 29.6 Å². The van der Waals surface area contributed by atoms with Crippen molar-refractivity contribution in [2.45, 2.75) is 19.8 Å². The summed E-state index contributed by atoms with van der Waals surface area (Å²) in [7, 11) is 0. The van der Waals surface area contributed by atoms with Crippen LogP contribution in [0.5, 0.6) is 0 Å². The number of aromatic nitrogens is 1. The van der Waals surface area contributed by atoms with Crippen molar-refractivity contribution < 1.29 is 4.79 Å². The molecule has 16 heavy (non-hydrogen) atoms. The lowest BCUT2D eigenvalue weighted by atomic mass is 10.1. The molecule has 0 amide bonds. The molecule has 3 heteroatoms. The van der Waals surface area contributed by atoms with Gasteiger partial charge in [-0.3, -0.25) is 4.79 Å². The van der Waals surface area contributed by atoms with Gasteiger partial charge in [0, 0.05) is 11.8 Å². The highest BCUT2D eigenvalue weighted by Crippen LogP contribution is 2.12. The number of hydrogen-bond donors (Lipinski definition) is 0. The molecule has 1 aromatic carbocycles. The highest BCUT2D eigenvalue weighted by atomic mass is 32.1. The van der Waals surface area contributed by atoms with Crippen molar-refractivity contribution in [3.63, 3.8) is 0 Å². The van der Waals surface area contributed by atoms with Crippen molar-refractivity contribution in [1.29, 1.82) is 0 Å². The second kappa shape index (κ2) is 5.03. The number of aldehydes is 1. The van der Waals surface area contributed by atoms with Crippen LogP contribution in [0.3, 0.4) is 0 Å². The van der Waals surface area contributed by atoms with E-state index < -0.39 is 0 Å². The first-order chi connectivity index (χ1) is 7.78. The molecule has 1 heterocycles. The Morgan fingerprint density at radius 2 is 2.00 bits per heavy atom. The van der Waals surface area contributed by atoms with Gasteiger partial charge < -0.3 is 0 Å². The Labute approximate surface area is 99.0 Å². The Morgan fingerprint density at radius 1 is 1.25 bits per heavy atom. The predicted molar refractivity (Wildman–Crippen MR) is 66.1 cm³/mol. The first-order valence-corrected chi connectivity index (χ1v) is 6.11. The van der Waals surface area contributed by atoms with Crippen LogP contribution in [0.4, 0.5) is 0 Å². The molecule has 0 aliphatic carbocycles. The van der Waals surface area contributed by atoms with Gasteiger partial charge in [-0.05, 0) is 18.9 Å². The van der Waals surface area contributed by atoms with Crippen molar-refractivity contribution in [3.05, 3.63) is 51.5 Å². The minimum Gasteiger partial charge on any atom is -0.296 e. The zero-order chi connectivity index (χ0) is 11.4. The molecule has 0 radical (unpaired) electrons. The molecule has 0 aliphatic rings. The summed E-state index contributed by atoms with van der Waals surface area (Å²) in [5, 5.41) is 2.83. The van der Waals surface area contributed by atoms with E-state index in [0.717, 1.165) is 24.1 Å². The van der Waals surface area contributed by atoms with Crippen molar-refractivity contribution in [3.8, 4) is 0 Å². The van der Waals surface area contributed by atoms with Crippen LogP contribution in [-0.2, 0) is 12.8 Å². The molecular formula is C13H13NOS. The fourth-order valence-electron chi connectivity index (χ4n) is 1.50. The zero-order valence-corrected chi connectivity index (χ0v) is 9.96. The van der Waals surface area contributed by atoms with Gasteiger partial charge in [-0.2, -0.15) is 0 Å². The highest BCUT2D eigenvalue weighted by molar-refractivity contribution is 7.09. The lowest BCUT2D eigenvalue weighted by Crippen LogP contribution is -1.91. The molecule has 1 aromatic heterocycles. The Kier molecular flexibility index (Phi) is 3.47. The van der Waals surface area contributed by atoms with Gasteiger partial charge >= 0.3 is 0 Å². The average Bonchev–Trinajstić information content (AvgIpc) is 2.76. The number of benzene rings is 1. The number of rotatable bonds is 4. The van der Waals surface area contributed by atoms with E-state index in [9.17, 15) is 4.79 Å². The van der Waals surface area contributed by atoms with Gasteiger partial charge in [0.2, 0.25) is 0 Å². The maximum atomic E-state index is 10.5. The number of carbonyl (C=O) groups is 1. The van der Waals surface area contributed by atoms with Crippen molar-refractivity contribution in [2.24, 2.45) is 0 Å². The lowest BCUT2D eigenvalue weighted by Gasteiger charge is -1.99. The van der Waals surface area contributed by atoms with E-state index >= 15 is 0 Å². The van der Waals surface area contributed by atoms with E-state index in [1.807, 2.05) is 0 Å². The number of thiazole rings is 1. The van der Waals surface area contributed by atoms with Gasteiger partial charge in [0.05, 0.1) is 5.01 Å². The lowest BCUT2D eigenvalue weighted by molar-refractivity contribution is 0.111. The number of carbonyl (C=O) groups excluding carboxylic acids is 1. The number of nitrogens with zero attached hydrogens (tertiary/aromatic N) is 1. The molecule has 0 bridgehead atoms. The molecule has 0 N–H and O–H groups in total. The quantitative estimate of drug-likeness (QED) is 0.757. The summed E-state index contributed by atoms with van der Waals surface area (Å²) in [6.45, 7) is 2.08.